The van der Waals surface area contributed by atoms with E-state index in [1.807, 2.05) is 0 Å². The topological polar surface area (TPSA) is 68.0 Å². The molecule has 0 spiro atoms. The Hall–Kier alpha value is -1.76. The monoisotopic (exact) mass is 313 g/mol. The van der Waals surface area contributed by atoms with Gasteiger partial charge in [-0.2, -0.15) is 0 Å². The Balaban J connectivity index is 2.64. The summed E-state index contributed by atoms with van der Waals surface area (Å²) in [5, 5.41) is 16.4. The minimum absolute atomic E-state index is 0.117. The van der Waals surface area contributed by atoms with Gasteiger partial charge in [0.05, 0.1) is 11.4 Å². The van der Waals surface area contributed by atoms with Crippen LogP contribution < -0.4 is 0 Å². The molecule has 0 fully saturated rings. The SMILES string of the molecule is CCc1c(C(=O)O)nnn1-c1cc(F)ccc1Br. The minimum Gasteiger partial charge on any atom is -0.476 e. The average Bonchev–Trinajstić information content (AvgIpc) is 2.75. The Labute approximate surface area is 110 Å². The van der Waals surface area contributed by atoms with Crippen molar-refractivity contribution in [3.05, 3.63) is 39.9 Å². The van der Waals surface area contributed by atoms with Gasteiger partial charge in [0.25, 0.3) is 0 Å². The first-order valence-corrected chi connectivity index (χ1v) is 5.97. The molecule has 0 amide bonds. The molecule has 0 radical (unpaired) electrons. The molecule has 0 aliphatic carbocycles. The number of halogens is 2. The Bertz CT molecular complexity index is 612. The summed E-state index contributed by atoms with van der Waals surface area (Å²) in [6, 6.07) is 4.10. The molecule has 1 heterocycles. The molecule has 0 atom stereocenters. The van der Waals surface area contributed by atoms with Crippen LogP contribution in [0.25, 0.3) is 5.69 Å². The number of hydrogen-bond acceptors (Lipinski definition) is 3. The fourth-order valence-corrected chi connectivity index (χ4v) is 2.04. The van der Waals surface area contributed by atoms with Crippen molar-refractivity contribution in [2.24, 2.45) is 0 Å². The Morgan fingerprint density at radius 3 is 2.89 bits per heavy atom. The molecule has 5 nitrogen and oxygen atoms in total. The van der Waals surface area contributed by atoms with Gasteiger partial charge < -0.3 is 5.11 Å². The second-order valence-electron chi connectivity index (χ2n) is 3.55. The molecule has 0 bridgehead atoms. The van der Waals surface area contributed by atoms with Crippen molar-refractivity contribution < 1.29 is 14.3 Å². The van der Waals surface area contributed by atoms with Crippen LogP contribution in [-0.2, 0) is 6.42 Å². The Morgan fingerprint density at radius 1 is 1.56 bits per heavy atom. The van der Waals surface area contributed by atoms with Crippen LogP contribution in [-0.4, -0.2) is 26.1 Å². The highest BCUT2D eigenvalue weighted by Crippen LogP contribution is 2.23. The quantitative estimate of drug-likeness (QED) is 0.945. The number of carboxylic acid groups (broad SMARTS) is 1. The second-order valence-corrected chi connectivity index (χ2v) is 4.41. The number of carboxylic acids is 1. The fraction of sp³-hybridized carbons (Fsp3) is 0.182. The van der Waals surface area contributed by atoms with E-state index < -0.39 is 11.8 Å². The lowest BCUT2D eigenvalue weighted by Crippen LogP contribution is -2.06. The van der Waals surface area contributed by atoms with Crippen LogP contribution in [0.4, 0.5) is 4.39 Å². The maximum Gasteiger partial charge on any atom is 0.358 e. The zero-order valence-corrected chi connectivity index (χ0v) is 11.0. The Kier molecular flexibility index (Phi) is 3.42. The molecule has 0 saturated heterocycles. The van der Waals surface area contributed by atoms with Crippen LogP contribution in [0.1, 0.15) is 23.1 Å². The first kappa shape index (κ1) is 12.7. The Morgan fingerprint density at radius 2 is 2.28 bits per heavy atom. The van der Waals surface area contributed by atoms with Gasteiger partial charge in [0, 0.05) is 10.5 Å². The average molecular weight is 314 g/mol. The lowest BCUT2D eigenvalue weighted by Gasteiger charge is -2.07. The van der Waals surface area contributed by atoms with Crippen LogP contribution in [0, 0.1) is 5.82 Å². The summed E-state index contributed by atoms with van der Waals surface area (Å²) in [6.07, 6.45) is 0.428. The number of benzene rings is 1. The zero-order valence-electron chi connectivity index (χ0n) is 9.39. The van der Waals surface area contributed by atoms with Crippen molar-refractivity contribution in [3.8, 4) is 5.69 Å². The van der Waals surface area contributed by atoms with Crippen molar-refractivity contribution >= 4 is 21.9 Å². The molecule has 2 rings (SSSR count). The number of rotatable bonds is 3. The molecule has 1 aromatic heterocycles. The van der Waals surface area contributed by atoms with Gasteiger partial charge >= 0.3 is 5.97 Å². The zero-order chi connectivity index (χ0) is 13.3. The van der Waals surface area contributed by atoms with E-state index in [-0.39, 0.29) is 5.69 Å². The first-order valence-electron chi connectivity index (χ1n) is 5.18. The minimum atomic E-state index is -1.15. The maximum absolute atomic E-state index is 13.2. The standard InChI is InChI=1S/C11H9BrFN3O2/c1-2-8-10(11(17)18)14-15-16(8)9-5-6(13)3-4-7(9)12/h3-5H,2H2,1H3,(H,17,18). The molecule has 94 valence electrons. The third kappa shape index (κ3) is 2.13. The molecule has 0 saturated carbocycles. The normalized spacial score (nSPS) is 10.6. The van der Waals surface area contributed by atoms with Crippen LogP contribution in [0.15, 0.2) is 22.7 Å². The summed E-state index contributed by atoms with van der Waals surface area (Å²) in [4.78, 5) is 11.0. The summed E-state index contributed by atoms with van der Waals surface area (Å²) >= 11 is 3.27. The fourth-order valence-electron chi connectivity index (χ4n) is 1.63. The number of nitrogens with zero attached hydrogens (tertiary/aromatic N) is 3. The summed E-state index contributed by atoms with van der Waals surface area (Å²) in [7, 11) is 0. The van der Waals surface area contributed by atoms with E-state index in [0.29, 0.717) is 22.3 Å². The van der Waals surface area contributed by atoms with Gasteiger partial charge in [0.1, 0.15) is 5.82 Å². The largest absolute Gasteiger partial charge is 0.476 e. The summed E-state index contributed by atoms with van der Waals surface area (Å²) < 4.78 is 15.2. The molecule has 0 aliphatic heterocycles. The molecule has 18 heavy (non-hydrogen) atoms. The molecule has 1 aromatic carbocycles. The van der Waals surface area contributed by atoms with E-state index in [9.17, 15) is 9.18 Å². The second kappa shape index (κ2) is 4.85. The third-order valence-electron chi connectivity index (χ3n) is 2.44. The highest BCUT2D eigenvalue weighted by molar-refractivity contribution is 9.10. The van der Waals surface area contributed by atoms with E-state index in [2.05, 4.69) is 26.2 Å². The highest BCUT2D eigenvalue weighted by atomic mass is 79.9. The first-order chi connectivity index (χ1) is 8.54. The smallest absolute Gasteiger partial charge is 0.358 e. The summed E-state index contributed by atoms with van der Waals surface area (Å²) in [5.74, 6) is -1.58. The van der Waals surface area contributed by atoms with Crippen LogP contribution in [0.3, 0.4) is 0 Å². The van der Waals surface area contributed by atoms with Gasteiger partial charge in [0.2, 0.25) is 0 Å². The predicted molar refractivity (Wildman–Crippen MR) is 65.4 cm³/mol. The van der Waals surface area contributed by atoms with E-state index in [1.54, 1.807) is 6.92 Å². The van der Waals surface area contributed by atoms with Gasteiger partial charge in [-0.1, -0.05) is 12.1 Å². The molecule has 0 aliphatic rings. The number of hydrogen-bond donors (Lipinski definition) is 1. The van der Waals surface area contributed by atoms with E-state index in [4.69, 9.17) is 5.11 Å². The molecule has 1 N–H and O–H groups in total. The van der Waals surface area contributed by atoms with Crippen molar-refractivity contribution in [2.45, 2.75) is 13.3 Å². The van der Waals surface area contributed by atoms with E-state index >= 15 is 0 Å². The van der Waals surface area contributed by atoms with E-state index in [0.717, 1.165) is 0 Å². The van der Waals surface area contributed by atoms with Crippen molar-refractivity contribution in [3.63, 3.8) is 0 Å². The maximum atomic E-state index is 13.2. The lowest BCUT2D eigenvalue weighted by molar-refractivity contribution is 0.0689. The molecule has 2 aromatic rings. The third-order valence-corrected chi connectivity index (χ3v) is 3.11. The van der Waals surface area contributed by atoms with Crippen LogP contribution >= 0.6 is 15.9 Å². The molecule has 0 unspecified atom stereocenters. The molecular weight excluding hydrogens is 305 g/mol. The predicted octanol–water partition coefficient (Wildman–Crippen LogP) is 2.43. The van der Waals surface area contributed by atoms with Crippen molar-refractivity contribution in [1.82, 2.24) is 15.0 Å². The lowest BCUT2D eigenvalue weighted by atomic mass is 10.2. The summed E-state index contributed by atoms with van der Waals surface area (Å²) in [5.41, 5.74) is 0.731. The van der Waals surface area contributed by atoms with Gasteiger partial charge in [-0.3, -0.25) is 0 Å². The number of carbonyl (C=O) groups is 1. The number of aromatic nitrogens is 3. The van der Waals surface area contributed by atoms with Crippen LogP contribution in [0.5, 0.6) is 0 Å². The van der Waals surface area contributed by atoms with Gasteiger partial charge in [0.15, 0.2) is 5.69 Å². The van der Waals surface area contributed by atoms with Gasteiger partial charge in [-0.25, -0.2) is 13.9 Å². The summed E-state index contributed by atoms with van der Waals surface area (Å²) in [6.45, 7) is 1.79. The van der Waals surface area contributed by atoms with Crippen molar-refractivity contribution in [2.75, 3.05) is 0 Å². The molecule has 7 heteroatoms. The molecular formula is C11H9BrFN3O2. The number of aromatic carboxylic acids is 1. The van der Waals surface area contributed by atoms with Gasteiger partial charge in [-0.05, 0) is 34.5 Å². The van der Waals surface area contributed by atoms with Gasteiger partial charge in [-0.15, -0.1) is 5.10 Å². The van der Waals surface area contributed by atoms with E-state index in [1.165, 1.54) is 22.9 Å². The van der Waals surface area contributed by atoms with Crippen molar-refractivity contribution in [1.29, 1.82) is 0 Å². The van der Waals surface area contributed by atoms with Crippen LogP contribution in [0.2, 0.25) is 0 Å². The highest BCUT2D eigenvalue weighted by Gasteiger charge is 2.19.